The summed E-state index contributed by atoms with van der Waals surface area (Å²) in [6, 6.07) is 10.7. The standard InChI is InChI=1S/C15H20O/c1-2-15(16)14-10-8-13(9-11-14)12-6-4-3-5-7-12/h3-7,13-14H,2,8-11H2,1H3. The van der Waals surface area contributed by atoms with Crippen LogP contribution in [0.2, 0.25) is 0 Å². The molecule has 1 aromatic rings. The second-order valence-electron chi connectivity index (χ2n) is 4.78. The van der Waals surface area contributed by atoms with Crippen molar-refractivity contribution in [3.05, 3.63) is 35.9 Å². The zero-order valence-electron chi connectivity index (χ0n) is 9.99. The lowest BCUT2D eigenvalue weighted by atomic mass is 9.77. The molecule has 0 heterocycles. The van der Waals surface area contributed by atoms with E-state index in [1.54, 1.807) is 0 Å². The van der Waals surface area contributed by atoms with Crippen LogP contribution in [0.25, 0.3) is 0 Å². The van der Waals surface area contributed by atoms with Crippen LogP contribution in [0.15, 0.2) is 30.3 Å². The zero-order chi connectivity index (χ0) is 11.4. The second-order valence-corrected chi connectivity index (χ2v) is 4.78. The Morgan fingerprint density at radius 1 is 1.12 bits per heavy atom. The van der Waals surface area contributed by atoms with Gasteiger partial charge in [0.25, 0.3) is 0 Å². The highest BCUT2D eigenvalue weighted by Gasteiger charge is 2.25. The van der Waals surface area contributed by atoms with Crippen LogP contribution in [-0.2, 0) is 4.79 Å². The third-order valence-electron chi connectivity index (χ3n) is 3.80. The molecule has 0 unspecified atom stereocenters. The maximum absolute atomic E-state index is 11.6. The van der Waals surface area contributed by atoms with Gasteiger partial charge in [-0.15, -0.1) is 0 Å². The molecule has 0 N–H and O–H groups in total. The Morgan fingerprint density at radius 2 is 1.75 bits per heavy atom. The van der Waals surface area contributed by atoms with E-state index in [0.717, 1.165) is 12.8 Å². The van der Waals surface area contributed by atoms with Gasteiger partial charge in [0.05, 0.1) is 0 Å². The Bertz CT molecular complexity index is 334. The Hall–Kier alpha value is -1.11. The quantitative estimate of drug-likeness (QED) is 0.748. The highest BCUT2D eigenvalue weighted by molar-refractivity contribution is 5.80. The first-order valence-electron chi connectivity index (χ1n) is 6.39. The lowest BCUT2D eigenvalue weighted by Gasteiger charge is -2.27. The summed E-state index contributed by atoms with van der Waals surface area (Å²) in [5.41, 5.74) is 1.45. The molecule has 0 aliphatic heterocycles. The van der Waals surface area contributed by atoms with E-state index in [4.69, 9.17) is 0 Å². The van der Waals surface area contributed by atoms with Gasteiger partial charge in [0.1, 0.15) is 5.78 Å². The third kappa shape index (κ3) is 2.52. The van der Waals surface area contributed by atoms with Crippen molar-refractivity contribution in [2.75, 3.05) is 0 Å². The number of hydrogen-bond donors (Lipinski definition) is 0. The number of rotatable bonds is 3. The fraction of sp³-hybridized carbons (Fsp3) is 0.533. The van der Waals surface area contributed by atoms with Gasteiger partial charge < -0.3 is 0 Å². The lowest BCUT2D eigenvalue weighted by molar-refractivity contribution is -0.123. The molecule has 1 heteroatoms. The largest absolute Gasteiger partial charge is 0.299 e. The molecule has 1 saturated carbocycles. The van der Waals surface area contributed by atoms with Crippen molar-refractivity contribution < 1.29 is 4.79 Å². The Morgan fingerprint density at radius 3 is 2.31 bits per heavy atom. The normalized spacial score (nSPS) is 25.3. The minimum absolute atomic E-state index is 0.352. The van der Waals surface area contributed by atoms with Gasteiger partial charge in [0, 0.05) is 12.3 Å². The first-order chi connectivity index (χ1) is 7.81. The molecule has 0 saturated heterocycles. The van der Waals surface area contributed by atoms with E-state index in [0.29, 0.717) is 24.0 Å². The first-order valence-corrected chi connectivity index (χ1v) is 6.39. The van der Waals surface area contributed by atoms with Gasteiger partial charge in [-0.1, -0.05) is 37.3 Å². The van der Waals surface area contributed by atoms with Gasteiger partial charge in [-0.3, -0.25) is 4.79 Å². The van der Waals surface area contributed by atoms with Gasteiger partial charge in [0.15, 0.2) is 0 Å². The highest BCUT2D eigenvalue weighted by atomic mass is 16.1. The molecule has 1 aromatic carbocycles. The highest BCUT2D eigenvalue weighted by Crippen LogP contribution is 2.36. The molecule has 1 nitrogen and oxygen atoms in total. The maximum atomic E-state index is 11.6. The van der Waals surface area contributed by atoms with Crippen LogP contribution in [0.4, 0.5) is 0 Å². The van der Waals surface area contributed by atoms with Crippen molar-refractivity contribution in [3.63, 3.8) is 0 Å². The van der Waals surface area contributed by atoms with Gasteiger partial charge >= 0.3 is 0 Å². The fourth-order valence-corrected chi connectivity index (χ4v) is 2.76. The molecule has 0 radical (unpaired) electrons. The van der Waals surface area contributed by atoms with E-state index in [1.165, 1.54) is 18.4 Å². The van der Waals surface area contributed by atoms with E-state index in [9.17, 15) is 4.79 Å². The summed E-state index contributed by atoms with van der Waals surface area (Å²) in [5.74, 6) is 1.50. The van der Waals surface area contributed by atoms with E-state index < -0.39 is 0 Å². The molecule has 86 valence electrons. The molecule has 0 amide bonds. The number of benzene rings is 1. The average molecular weight is 216 g/mol. The molecular formula is C15H20O. The molecule has 16 heavy (non-hydrogen) atoms. The predicted octanol–water partition coefficient (Wildman–Crippen LogP) is 3.94. The fourth-order valence-electron chi connectivity index (χ4n) is 2.76. The van der Waals surface area contributed by atoms with Crippen LogP contribution in [0.3, 0.4) is 0 Å². The molecule has 0 aromatic heterocycles. The summed E-state index contributed by atoms with van der Waals surface area (Å²) in [6.45, 7) is 1.98. The second kappa shape index (κ2) is 5.29. The van der Waals surface area contributed by atoms with Crippen LogP contribution in [0, 0.1) is 5.92 Å². The Labute approximate surface area is 97.9 Å². The van der Waals surface area contributed by atoms with Crippen LogP contribution in [-0.4, -0.2) is 5.78 Å². The van der Waals surface area contributed by atoms with Crippen molar-refractivity contribution >= 4 is 5.78 Å². The number of Topliss-reactive ketones (excluding diaryl/α,β-unsaturated/α-hetero) is 1. The summed E-state index contributed by atoms with van der Waals surface area (Å²) < 4.78 is 0. The Kier molecular flexibility index (Phi) is 3.76. The summed E-state index contributed by atoms with van der Waals surface area (Å²) in [5, 5.41) is 0. The van der Waals surface area contributed by atoms with E-state index >= 15 is 0 Å². The van der Waals surface area contributed by atoms with E-state index in [-0.39, 0.29) is 0 Å². The van der Waals surface area contributed by atoms with Crippen molar-refractivity contribution in [1.29, 1.82) is 0 Å². The SMILES string of the molecule is CCC(=O)C1CCC(c2ccccc2)CC1. The average Bonchev–Trinajstić information content (AvgIpc) is 2.39. The molecule has 0 bridgehead atoms. The number of carbonyl (C=O) groups is 1. The van der Waals surface area contributed by atoms with Crippen molar-refractivity contribution in [3.8, 4) is 0 Å². The summed E-state index contributed by atoms with van der Waals surface area (Å²) in [7, 11) is 0. The third-order valence-corrected chi connectivity index (χ3v) is 3.80. The molecule has 1 fully saturated rings. The molecule has 1 aliphatic carbocycles. The van der Waals surface area contributed by atoms with Crippen LogP contribution < -0.4 is 0 Å². The number of carbonyl (C=O) groups excluding carboxylic acids is 1. The van der Waals surface area contributed by atoms with E-state index in [1.807, 2.05) is 6.92 Å². The van der Waals surface area contributed by atoms with Gasteiger partial charge in [-0.25, -0.2) is 0 Å². The maximum Gasteiger partial charge on any atom is 0.135 e. The summed E-state index contributed by atoms with van der Waals surface area (Å²) in [6.07, 6.45) is 5.25. The number of hydrogen-bond acceptors (Lipinski definition) is 1. The van der Waals surface area contributed by atoms with Gasteiger partial charge in [0.2, 0.25) is 0 Å². The number of ketones is 1. The molecular weight excluding hydrogens is 196 g/mol. The molecule has 2 rings (SSSR count). The van der Waals surface area contributed by atoms with Gasteiger partial charge in [-0.05, 0) is 37.2 Å². The van der Waals surface area contributed by atoms with Crippen LogP contribution in [0.1, 0.15) is 50.5 Å². The van der Waals surface area contributed by atoms with Crippen molar-refractivity contribution in [2.45, 2.75) is 44.9 Å². The lowest BCUT2D eigenvalue weighted by Crippen LogP contribution is -2.20. The minimum Gasteiger partial charge on any atom is -0.299 e. The minimum atomic E-state index is 0.352. The summed E-state index contributed by atoms with van der Waals surface area (Å²) in [4.78, 5) is 11.6. The zero-order valence-corrected chi connectivity index (χ0v) is 9.99. The molecule has 0 atom stereocenters. The molecule has 0 spiro atoms. The topological polar surface area (TPSA) is 17.1 Å². The summed E-state index contributed by atoms with van der Waals surface area (Å²) >= 11 is 0. The van der Waals surface area contributed by atoms with Crippen LogP contribution in [0.5, 0.6) is 0 Å². The molecule has 1 aliphatic rings. The predicted molar refractivity (Wildman–Crippen MR) is 66.4 cm³/mol. The van der Waals surface area contributed by atoms with E-state index in [2.05, 4.69) is 30.3 Å². The van der Waals surface area contributed by atoms with Crippen molar-refractivity contribution in [1.82, 2.24) is 0 Å². The van der Waals surface area contributed by atoms with Crippen LogP contribution >= 0.6 is 0 Å². The smallest absolute Gasteiger partial charge is 0.135 e. The monoisotopic (exact) mass is 216 g/mol. The first kappa shape index (κ1) is 11.4. The Balaban J connectivity index is 1.93. The van der Waals surface area contributed by atoms with Crippen molar-refractivity contribution in [2.24, 2.45) is 5.92 Å². The van der Waals surface area contributed by atoms with Gasteiger partial charge in [-0.2, -0.15) is 0 Å².